The summed E-state index contributed by atoms with van der Waals surface area (Å²) < 4.78 is 0. The first-order valence-electron chi connectivity index (χ1n) is 6.44. The molecule has 0 saturated heterocycles. The molecule has 0 aliphatic rings. The van der Waals surface area contributed by atoms with Crippen LogP contribution in [0.1, 0.15) is 11.1 Å². The van der Waals surface area contributed by atoms with Gasteiger partial charge in [-0.2, -0.15) is 0 Å². The predicted octanol–water partition coefficient (Wildman–Crippen LogP) is 2.99. The lowest BCUT2D eigenvalue weighted by molar-refractivity contribution is -0.125. The minimum atomic E-state index is -0.113. The van der Waals surface area contributed by atoms with Crippen molar-refractivity contribution in [3.8, 4) is 0 Å². The topological polar surface area (TPSA) is 59.2 Å². The number of amides is 1. The molecule has 1 heterocycles. The zero-order valence-corrected chi connectivity index (χ0v) is 12.4. The van der Waals surface area contributed by atoms with Crippen LogP contribution in [0.5, 0.6) is 0 Å². The average molecular weight is 302 g/mol. The molecule has 2 rings (SSSR count). The molecule has 2 aromatic rings. The summed E-state index contributed by atoms with van der Waals surface area (Å²) in [6, 6.07) is 11.5. The number of nitrogens with two attached hydrogens (primary N) is 1. The van der Waals surface area contributed by atoms with Gasteiger partial charge in [-0.1, -0.05) is 41.9 Å². The van der Waals surface area contributed by atoms with Crippen molar-refractivity contribution in [2.24, 2.45) is 0 Å². The molecule has 108 valence electrons. The van der Waals surface area contributed by atoms with Gasteiger partial charge < -0.3 is 10.6 Å². The minimum Gasteiger partial charge on any atom is -0.383 e. The van der Waals surface area contributed by atoms with Gasteiger partial charge >= 0.3 is 0 Å². The molecule has 1 aromatic carbocycles. The van der Waals surface area contributed by atoms with Gasteiger partial charge in [0.2, 0.25) is 5.91 Å². The van der Waals surface area contributed by atoms with Gasteiger partial charge in [0, 0.05) is 31.4 Å². The fraction of sp³-hybridized carbons (Fsp3) is 0.125. The van der Waals surface area contributed by atoms with Crippen molar-refractivity contribution >= 4 is 29.4 Å². The van der Waals surface area contributed by atoms with Crippen LogP contribution in [-0.4, -0.2) is 22.8 Å². The molecule has 21 heavy (non-hydrogen) atoms. The van der Waals surface area contributed by atoms with Gasteiger partial charge in [0.1, 0.15) is 5.82 Å². The highest BCUT2D eigenvalue weighted by molar-refractivity contribution is 6.30. The Bertz CT molecular complexity index is 656. The van der Waals surface area contributed by atoms with Crippen molar-refractivity contribution in [1.29, 1.82) is 0 Å². The molecule has 0 aliphatic carbocycles. The number of carbonyl (C=O) groups excluding carboxylic acids is 1. The Kier molecular flexibility index (Phi) is 4.95. The maximum absolute atomic E-state index is 12.1. The van der Waals surface area contributed by atoms with E-state index in [0.29, 0.717) is 22.9 Å². The first kappa shape index (κ1) is 15.1. The van der Waals surface area contributed by atoms with Crippen LogP contribution in [0.15, 0.2) is 48.7 Å². The number of nitrogens with zero attached hydrogens (tertiary/aromatic N) is 2. The summed E-state index contributed by atoms with van der Waals surface area (Å²) in [5.41, 5.74) is 7.43. The minimum absolute atomic E-state index is 0.113. The largest absolute Gasteiger partial charge is 0.383 e. The molecule has 0 spiro atoms. The van der Waals surface area contributed by atoms with E-state index in [-0.39, 0.29) is 5.91 Å². The highest BCUT2D eigenvalue weighted by Crippen LogP contribution is 2.16. The number of halogens is 1. The van der Waals surface area contributed by atoms with Crippen LogP contribution in [0.25, 0.3) is 6.08 Å². The van der Waals surface area contributed by atoms with Crippen LogP contribution in [0.3, 0.4) is 0 Å². The zero-order chi connectivity index (χ0) is 15.2. The van der Waals surface area contributed by atoms with E-state index < -0.39 is 0 Å². The monoisotopic (exact) mass is 301 g/mol. The number of carbonyl (C=O) groups is 1. The Morgan fingerprint density at radius 3 is 2.81 bits per heavy atom. The standard InChI is InChI=1S/C16H16ClN3O/c1-20(11-12-5-3-2-4-6-12)15(21)8-7-13-9-14(17)10-19-16(13)18/h2-10H,11H2,1H3,(H2,18,19)/b8-7+. The first-order chi connectivity index (χ1) is 10.1. The molecule has 5 heteroatoms. The SMILES string of the molecule is CN(Cc1ccccc1)C(=O)/C=C/c1cc(Cl)cnc1N. The summed E-state index contributed by atoms with van der Waals surface area (Å²) >= 11 is 5.85. The zero-order valence-electron chi connectivity index (χ0n) is 11.7. The van der Waals surface area contributed by atoms with Gasteiger partial charge in [0.15, 0.2) is 0 Å². The van der Waals surface area contributed by atoms with E-state index in [0.717, 1.165) is 5.56 Å². The van der Waals surface area contributed by atoms with Crippen LogP contribution in [-0.2, 0) is 11.3 Å². The van der Waals surface area contributed by atoms with Crippen LogP contribution < -0.4 is 5.73 Å². The maximum atomic E-state index is 12.1. The molecule has 1 aromatic heterocycles. The summed E-state index contributed by atoms with van der Waals surface area (Å²) in [4.78, 5) is 17.6. The van der Waals surface area contributed by atoms with Crippen molar-refractivity contribution in [3.63, 3.8) is 0 Å². The van der Waals surface area contributed by atoms with Gasteiger partial charge in [-0.15, -0.1) is 0 Å². The van der Waals surface area contributed by atoms with Gasteiger partial charge in [-0.25, -0.2) is 4.98 Å². The molecule has 0 unspecified atom stereocenters. The third-order valence-corrected chi connectivity index (χ3v) is 3.17. The Morgan fingerprint density at radius 1 is 1.38 bits per heavy atom. The van der Waals surface area contributed by atoms with Gasteiger partial charge in [-0.3, -0.25) is 4.79 Å². The van der Waals surface area contributed by atoms with Crippen molar-refractivity contribution in [2.75, 3.05) is 12.8 Å². The van der Waals surface area contributed by atoms with E-state index in [2.05, 4.69) is 4.98 Å². The normalized spacial score (nSPS) is 10.8. The highest BCUT2D eigenvalue weighted by Gasteiger charge is 2.06. The lowest BCUT2D eigenvalue weighted by Gasteiger charge is -2.15. The Morgan fingerprint density at radius 2 is 2.10 bits per heavy atom. The molecule has 4 nitrogen and oxygen atoms in total. The number of aromatic nitrogens is 1. The molecule has 0 saturated carbocycles. The van der Waals surface area contributed by atoms with E-state index in [1.54, 1.807) is 24.1 Å². The van der Waals surface area contributed by atoms with E-state index in [1.807, 2.05) is 30.3 Å². The number of benzene rings is 1. The lowest BCUT2D eigenvalue weighted by Crippen LogP contribution is -2.24. The molecular formula is C16H16ClN3O. The molecule has 0 bridgehead atoms. The molecule has 0 radical (unpaired) electrons. The van der Waals surface area contributed by atoms with Gasteiger partial charge in [0.25, 0.3) is 0 Å². The van der Waals surface area contributed by atoms with E-state index >= 15 is 0 Å². The highest BCUT2D eigenvalue weighted by atomic mass is 35.5. The fourth-order valence-electron chi connectivity index (χ4n) is 1.82. The van der Waals surface area contributed by atoms with E-state index in [1.165, 1.54) is 12.3 Å². The average Bonchev–Trinajstić information content (AvgIpc) is 2.49. The second-order valence-corrected chi connectivity index (χ2v) is 5.08. The number of anilines is 1. The number of likely N-dealkylation sites (N-methyl/N-ethyl adjacent to an activating group) is 1. The number of rotatable bonds is 4. The third-order valence-electron chi connectivity index (χ3n) is 2.96. The lowest BCUT2D eigenvalue weighted by atomic mass is 10.2. The molecule has 0 fully saturated rings. The summed E-state index contributed by atoms with van der Waals surface area (Å²) in [7, 11) is 1.75. The molecule has 0 atom stereocenters. The summed E-state index contributed by atoms with van der Waals surface area (Å²) in [6.07, 6.45) is 4.56. The van der Waals surface area contributed by atoms with Crippen LogP contribution >= 0.6 is 11.6 Å². The van der Waals surface area contributed by atoms with Crippen LogP contribution in [0.2, 0.25) is 5.02 Å². The van der Waals surface area contributed by atoms with Crippen LogP contribution in [0.4, 0.5) is 5.82 Å². The van der Waals surface area contributed by atoms with Gasteiger partial charge in [-0.05, 0) is 17.7 Å². The summed E-state index contributed by atoms with van der Waals surface area (Å²) in [6.45, 7) is 0.549. The fourth-order valence-corrected chi connectivity index (χ4v) is 1.99. The second kappa shape index (κ2) is 6.90. The molecule has 0 aliphatic heterocycles. The summed E-state index contributed by atoms with van der Waals surface area (Å²) in [5.74, 6) is 0.229. The molecular weight excluding hydrogens is 286 g/mol. The van der Waals surface area contributed by atoms with Crippen LogP contribution in [0, 0.1) is 0 Å². The molecule has 2 N–H and O–H groups in total. The number of hydrogen-bond donors (Lipinski definition) is 1. The van der Waals surface area contributed by atoms with E-state index in [9.17, 15) is 4.79 Å². The molecule has 1 amide bonds. The first-order valence-corrected chi connectivity index (χ1v) is 6.82. The van der Waals surface area contributed by atoms with E-state index in [4.69, 9.17) is 17.3 Å². The van der Waals surface area contributed by atoms with Crippen molar-refractivity contribution in [3.05, 3.63) is 64.8 Å². The second-order valence-electron chi connectivity index (χ2n) is 4.64. The Hall–Kier alpha value is -2.33. The summed E-state index contributed by atoms with van der Waals surface area (Å²) in [5, 5.41) is 0.480. The van der Waals surface area contributed by atoms with Crippen molar-refractivity contribution < 1.29 is 4.79 Å². The quantitative estimate of drug-likeness (QED) is 0.883. The predicted molar refractivity (Wildman–Crippen MR) is 85.6 cm³/mol. The number of hydrogen-bond acceptors (Lipinski definition) is 3. The van der Waals surface area contributed by atoms with Crippen molar-refractivity contribution in [2.45, 2.75) is 6.54 Å². The maximum Gasteiger partial charge on any atom is 0.246 e. The number of nitrogen functional groups attached to an aromatic ring is 1. The Balaban J connectivity index is 2.03. The third kappa shape index (κ3) is 4.33. The smallest absolute Gasteiger partial charge is 0.246 e. The van der Waals surface area contributed by atoms with Crippen molar-refractivity contribution in [1.82, 2.24) is 9.88 Å². The number of pyridine rings is 1. The van der Waals surface area contributed by atoms with Gasteiger partial charge in [0.05, 0.1) is 5.02 Å². The Labute approximate surface area is 128 Å².